The molecule has 3 rings (SSSR count). The molecular weight excluding hydrogens is 305 g/mol. The Labute approximate surface area is 132 Å². The molecule has 0 bridgehead atoms. The molecule has 1 aliphatic carbocycles. The maximum absolute atomic E-state index is 13.7. The molecule has 0 atom stereocenters. The van der Waals surface area contributed by atoms with Crippen LogP contribution >= 0.6 is 0 Å². The molecule has 1 aliphatic rings. The average Bonchev–Trinajstić information content (AvgIpc) is 2.57. The maximum atomic E-state index is 13.7. The highest BCUT2D eigenvalue weighted by Gasteiger charge is 2.15. The summed E-state index contributed by atoms with van der Waals surface area (Å²) < 4.78 is 39.9. The molecule has 0 aliphatic heterocycles. The second kappa shape index (κ2) is 6.85. The number of hydrogen-bond acceptors (Lipinski definition) is 4. The van der Waals surface area contributed by atoms with Gasteiger partial charge in [-0.25, -0.2) is 23.1 Å². The van der Waals surface area contributed by atoms with E-state index in [1.807, 2.05) is 0 Å². The molecule has 1 aromatic carbocycles. The fraction of sp³-hybridized carbons (Fsp3) is 0.375. The molecule has 1 fully saturated rings. The zero-order valence-electron chi connectivity index (χ0n) is 12.5. The van der Waals surface area contributed by atoms with Crippen molar-refractivity contribution in [3.8, 4) is 0 Å². The lowest BCUT2D eigenvalue weighted by molar-refractivity contribution is 0.449. The zero-order chi connectivity index (χ0) is 16.2. The predicted molar refractivity (Wildman–Crippen MR) is 82.1 cm³/mol. The van der Waals surface area contributed by atoms with Crippen molar-refractivity contribution >= 4 is 17.3 Å². The minimum atomic E-state index is -1.51. The first kappa shape index (κ1) is 15.6. The van der Waals surface area contributed by atoms with Crippen molar-refractivity contribution in [3.05, 3.63) is 42.0 Å². The van der Waals surface area contributed by atoms with Crippen LogP contribution in [0, 0.1) is 17.5 Å². The number of rotatable bonds is 4. The topological polar surface area (TPSA) is 49.8 Å². The quantitative estimate of drug-likeness (QED) is 0.820. The van der Waals surface area contributed by atoms with Crippen molar-refractivity contribution in [2.75, 3.05) is 10.6 Å². The summed E-state index contributed by atoms with van der Waals surface area (Å²) in [4.78, 5) is 8.12. The second-order valence-corrected chi connectivity index (χ2v) is 5.62. The fourth-order valence-corrected chi connectivity index (χ4v) is 2.72. The van der Waals surface area contributed by atoms with E-state index in [4.69, 9.17) is 0 Å². The van der Waals surface area contributed by atoms with Crippen LogP contribution in [0.4, 0.5) is 30.5 Å². The molecule has 1 saturated carbocycles. The number of halogens is 3. The van der Waals surface area contributed by atoms with Gasteiger partial charge in [0.2, 0.25) is 0 Å². The van der Waals surface area contributed by atoms with E-state index in [1.165, 1.54) is 25.6 Å². The van der Waals surface area contributed by atoms with Gasteiger partial charge < -0.3 is 10.6 Å². The van der Waals surface area contributed by atoms with Gasteiger partial charge in [0.1, 0.15) is 18.0 Å². The lowest BCUT2D eigenvalue weighted by atomic mass is 9.95. The summed E-state index contributed by atoms with van der Waals surface area (Å²) in [5, 5.41) is 5.97. The van der Waals surface area contributed by atoms with Crippen molar-refractivity contribution in [1.82, 2.24) is 9.97 Å². The summed E-state index contributed by atoms with van der Waals surface area (Å²) >= 11 is 0. The standard InChI is InChI=1S/C16H17F3N4/c17-11-6-7-12(16(19)15(11)18)23-14-8-13(20-9-21-14)22-10-4-2-1-3-5-10/h6-10H,1-5H2,(H2,20,21,22,23). The number of hydrogen-bond donors (Lipinski definition) is 2. The first-order valence-electron chi connectivity index (χ1n) is 7.62. The van der Waals surface area contributed by atoms with Crippen molar-refractivity contribution in [1.29, 1.82) is 0 Å². The van der Waals surface area contributed by atoms with Crippen LogP contribution in [0.5, 0.6) is 0 Å². The smallest absolute Gasteiger partial charge is 0.196 e. The highest BCUT2D eigenvalue weighted by molar-refractivity contribution is 5.59. The first-order valence-corrected chi connectivity index (χ1v) is 7.62. The van der Waals surface area contributed by atoms with Crippen molar-refractivity contribution in [2.24, 2.45) is 0 Å². The summed E-state index contributed by atoms with van der Waals surface area (Å²) in [5.74, 6) is -3.08. The van der Waals surface area contributed by atoms with E-state index >= 15 is 0 Å². The van der Waals surface area contributed by atoms with Gasteiger partial charge in [0.25, 0.3) is 0 Å². The van der Waals surface area contributed by atoms with Gasteiger partial charge in [0.05, 0.1) is 5.69 Å². The van der Waals surface area contributed by atoms with Gasteiger partial charge in [-0.05, 0) is 25.0 Å². The van der Waals surface area contributed by atoms with Gasteiger partial charge in [-0.1, -0.05) is 19.3 Å². The third-order valence-corrected chi connectivity index (χ3v) is 3.92. The third kappa shape index (κ3) is 3.72. The van der Waals surface area contributed by atoms with E-state index in [-0.39, 0.29) is 5.69 Å². The van der Waals surface area contributed by atoms with E-state index in [2.05, 4.69) is 20.6 Å². The molecule has 0 spiro atoms. The van der Waals surface area contributed by atoms with E-state index in [1.54, 1.807) is 6.07 Å². The van der Waals surface area contributed by atoms with Crippen molar-refractivity contribution < 1.29 is 13.2 Å². The fourth-order valence-electron chi connectivity index (χ4n) is 2.72. The lowest BCUT2D eigenvalue weighted by Crippen LogP contribution is -2.22. The Hall–Kier alpha value is -2.31. The van der Waals surface area contributed by atoms with E-state index in [9.17, 15) is 13.2 Å². The summed E-state index contributed by atoms with van der Waals surface area (Å²) in [6, 6.07) is 3.98. The van der Waals surface area contributed by atoms with Crippen LogP contribution in [0.15, 0.2) is 24.5 Å². The lowest BCUT2D eigenvalue weighted by Gasteiger charge is -2.23. The summed E-state index contributed by atoms with van der Waals surface area (Å²) in [5.41, 5.74) is -0.175. The number of aromatic nitrogens is 2. The highest BCUT2D eigenvalue weighted by Crippen LogP contribution is 2.24. The monoisotopic (exact) mass is 322 g/mol. The zero-order valence-corrected chi connectivity index (χ0v) is 12.5. The van der Waals surface area contributed by atoms with Crippen molar-refractivity contribution in [3.63, 3.8) is 0 Å². The van der Waals surface area contributed by atoms with Gasteiger partial charge >= 0.3 is 0 Å². The highest BCUT2D eigenvalue weighted by atomic mass is 19.2. The number of nitrogens with zero attached hydrogens (tertiary/aromatic N) is 2. The van der Waals surface area contributed by atoms with Crippen LogP contribution < -0.4 is 10.6 Å². The largest absolute Gasteiger partial charge is 0.367 e. The third-order valence-electron chi connectivity index (χ3n) is 3.92. The van der Waals surface area contributed by atoms with Crippen LogP contribution in [0.2, 0.25) is 0 Å². The summed E-state index contributed by atoms with van der Waals surface area (Å²) in [7, 11) is 0. The number of nitrogens with one attached hydrogen (secondary N) is 2. The average molecular weight is 322 g/mol. The summed E-state index contributed by atoms with van der Waals surface area (Å²) in [6.45, 7) is 0. The molecule has 1 aromatic heterocycles. The van der Waals surface area contributed by atoms with E-state index in [0.717, 1.165) is 25.0 Å². The minimum Gasteiger partial charge on any atom is -0.367 e. The Morgan fingerprint density at radius 2 is 1.65 bits per heavy atom. The normalized spacial score (nSPS) is 15.4. The van der Waals surface area contributed by atoms with Gasteiger partial charge in [0.15, 0.2) is 17.5 Å². The molecule has 0 saturated heterocycles. The molecule has 1 heterocycles. The maximum Gasteiger partial charge on any atom is 0.196 e. The molecule has 0 amide bonds. The van der Waals surface area contributed by atoms with Crippen LogP contribution in [-0.2, 0) is 0 Å². The SMILES string of the molecule is Fc1ccc(Nc2cc(NC3CCCCC3)ncn2)c(F)c1F. The van der Waals surface area contributed by atoms with E-state index in [0.29, 0.717) is 17.7 Å². The number of anilines is 3. The van der Waals surface area contributed by atoms with E-state index < -0.39 is 17.5 Å². The van der Waals surface area contributed by atoms with Crippen LogP contribution in [0.25, 0.3) is 0 Å². The first-order chi connectivity index (χ1) is 11.1. The Kier molecular flexibility index (Phi) is 4.64. The Morgan fingerprint density at radius 3 is 2.43 bits per heavy atom. The van der Waals surface area contributed by atoms with Crippen LogP contribution in [0.3, 0.4) is 0 Å². The molecule has 122 valence electrons. The van der Waals surface area contributed by atoms with Gasteiger partial charge in [-0.2, -0.15) is 0 Å². The van der Waals surface area contributed by atoms with Gasteiger partial charge in [-0.3, -0.25) is 0 Å². The Bertz CT molecular complexity index is 687. The molecule has 2 aromatic rings. The number of benzene rings is 1. The molecular formula is C16H17F3N4. The second-order valence-electron chi connectivity index (χ2n) is 5.62. The predicted octanol–water partition coefficient (Wildman–Crippen LogP) is 4.38. The minimum absolute atomic E-state index is 0.175. The van der Waals surface area contributed by atoms with Crippen molar-refractivity contribution in [2.45, 2.75) is 38.1 Å². The molecule has 4 nitrogen and oxygen atoms in total. The Morgan fingerprint density at radius 1 is 0.913 bits per heavy atom. The molecule has 7 heteroatoms. The van der Waals surface area contributed by atoms with Crippen LogP contribution in [0.1, 0.15) is 32.1 Å². The van der Waals surface area contributed by atoms with Gasteiger partial charge in [0, 0.05) is 12.1 Å². The van der Waals surface area contributed by atoms with Gasteiger partial charge in [-0.15, -0.1) is 0 Å². The molecule has 2 N–H and O–H groups in total. The molecule has 0 radical (unpaired) electrons. The molecule has 0 unspecified atom stereocenters. The Balaban J connectivity index is 1.73. The molecule has 23 heavy (non-hydrogen) atoms. The van der Waals surface area contributed by atoms with Crippen LogP contribution in [-0.4, -0.2) is 16.0 Å². The summed E-state index contributed by atoms with van der Waals surface area (Å²) in [6.07, 6.45) is 7.15.